The van der Waals surface area contributed by atoms with Gasteiger partial charge in [-0.2, -0.15) is 0 Å². The minimum atomic E-state index is -0.778. The van der Waals surface area contributed by atoms with Crippen molar-refractivity contribution in [2.75, 3.05) is 17.7 Å². The van der Waals surface area contributed by atoms with Gasteiger partial charge in [-0.05, 0) is 18.2 Å². The molecule has 1 amide bonds. The number of rotatable bonds is 3. The van der Waals surface area contributed by atoms with Crippen LogP contribution in [0.25, 0.3) is 0 Å². The van der Waals surface area contributed by atoms with E-state index in [4.69, 9.17) is 23.2 Å². The zero-order valence-corrected chi connectivity index (χ0v) is 12.2. The maximum Gasteiger partial charge on any atom is 0.259 e. The number of nitrogens with zero attached hydrogens (tertiary/aromatic N) is 1. The highest BCUT2D eigenvalue weighted by Gasteiger charge is 2.15. The molecular formula is C13H9Cl2F2N3O. The Morgan fingerprint density at radius 3 is 2.38 bits per heavy atom. The van der Waals surface area contributed by atoms with Crippen molar-refractivity contribution in [1.82, 2.24) is 4.98 Å². The molecule has 0 radical (unpaired) electrons. The van der Waals surface area contributed by atoms with E-state index in [1.807, 2.05) is 0 Å². The van der Waals surface area contributed by atoms with E-state index in [1.54, 1.807) is 7.05 Å². The molecule has 0 aliphatic heterocycles. The fourth-order valence-electron chi connectivity index (χ4n) is 1.64. The first-order valence-corrected chi connectivity index (χ1v) is 6.47. The van der Waals surface area contributed by atoms with Crippen molar-refractivity contribution in [3.8, 4) is 0 Å². The summed E-state index contributed by atoms with van der Waals surface area (Å²) in [6, 6.07) is 3.43. The van der Waals surface area contributed by atoms with Gasteiger partial charge in [0.15, 0.2) is 5.82 Å². The second-order valence-electron chi connectivity index (χ2n) is 4.01. The van der Waals surface area contributed by atoms with E-state index in [-0.39, 0.29) is 27.1 Å². The van der Waals surface area contributed by atoms with E-state index in [1.165, 1.54) is 12.1 Å². The summed E-state index contributed by atoms with van der Waals surface area (Å²) in [5.41, 5.74) is 0.178. The standard InChI is InChI=1S/C13H9Cl2F2N3O/c1-18-12-8(2-6(16)5-19-12)13(21)20-7-3-9(14)11(17)10(15)4-7/h2-5H,1H3,(H,18,19)(H,20,21). The number of anilines is 2. The van der Waals surface area contributed by atoms with Gasteiger partial charge in [0.25, 0.3) is 5.91 Å². The Hall–Kier alpha value is -1.92. The molecule has 8 heteroatoms. The van der Waals surface area contributed by atoms with Gasteiger partial charge in [-0.3, -0.25) is 4.79 Å². The Morgan fingerprint density at radius 2 is 1.81 bits per heavy atom. The zero-order valence-electron chi connectivity index (χ0n) is 10.7. The molecule has 110 valence electrons. The van der Waals surface area contributed by atoms with Crippen LogP contribution in [0.2, 0.25) is 10.0 Å². The monoisotopic (exact) mass is 331 g/mol. The van der Waals surface area contributed by atoms with E-state index >= 15 is 0 Å². The largest absolute Gasteiger partial charge is 0.372 e. The lowest BCUT2D eigenvalue weighted by molar-refractivity contribution is 0.102. The number of carbonyl (C=O) groups is 1. The van der Waals surface area contributed by atoms with Crippen LogP contribution in [-0.4, -0.2) is 17.9 Å². The van der Waals surface area contributed by atoms with Gasteiger partial charge in [0.1, 0.15) is 11.6 Å². The average molecular weight is 332 g/mol. The van der Waals surface area contributed by atoms with Crippen molar-refractivity contribution in [3.05, 3.63) is 51.6 Å². The second-order valence-corrected chi connectivity index (χ2v) is 4.82. The van der Waals surface area contributed by atoms with Gasteiger partial charge < -0.3 is 10.6 Å². The summed E-state index contributed by atoms with van der Waals surface area (Å²) in [6.45, 7) is 0. The molecule has 0 atom stereocenters. The molecule has 0 saturated heterocycles. The van der Waals surface area contributed by atoms with Gasteiger partial charge in [-0.15, -0.1) is 0 Å². The summed E-state index contributed by atoms with van der Waals surface area (Å²) >= 11 is 11.3. The van der Waals surface area contributed by atoms with Crippen LogP contribution in [0.15, 0.2) is 24.4 Å². The number of amides is 1. The molecular weight excluding hydrogens is 323 g/mol. The maximum atomic E-state index is 13.3. The number of halogens is 4. The third-order valence-electron chi connectivity index (χ3n) is 2.58. The lowest BCUT2D eigenvalue weighted by atomic mass is 10.2. The molecule has 0 bridgehead atoms. The van der Waals surface area contributed by atoms with E-state index in [0.29, 0.717) is 0 Å². The maximum absolute atomic E-state index is 13.3. The SMILES string of the molecule is CNc1ncc(F)cc1C(=O)Nc1cc(Cl)c(F)c(Cl)c1. The molecule has 0 spiro atoms. The molecule has 0 fully saturated rings. The molecule has 21 heavy (non-hydrogen) atoms. The van der Waals surface area contributed by atoms with Crippen molar-refractivity contribution in [1.29, 1.82) is 0 Å². The molecule has 2 N–H and O–H groups in total. The summed E-state index contributed by atoms with van der Waals surface area (Å²) in [6.07, 6.45) is 0.980. The second kappa shape index (κ2) is 6.24. The molecule has 0 aliphatic rings. The van der Waals surface area contributed by atoms with Crippen molar-refractivity contribution in [3.63, 3.8) is 0 Å². The van der Waals surface area contributed by atoms with Crippen LogP contribution < -0.4 is 10.6 Å². The fourth-order valence-corrected chi connectivity index (χ4v) is 2.12. The Bertz CT molecular complexity index is 687. The van der Waals surface area contributed by atoms with Crippen LogP contribution in [0.3, 0.4) is 0 Å². The number of pyridine rings is 1. The quantitative estimate of drug-likeness (QED) is 0.837. The number of aromatic nitrogens is 1. The van der Waals surface area contributed by atoms with Gasteiger partial charge in [-0.25, -0.2) is 13.8 Å². The molecule has 0 aliphatic carbocycles. The third-order valence-corrected chi connectivity index (χ3v) is 3.13. The summed E-state index contributed by atoms with van der Waals surface area (Å²) in [5.74, 6) is -1.87. The van der Waals surface area contributed by atoms with Crippen LogP contribution in [0.1, 0.15) is 10.4 Å². The number of benzene rings is 1. The highest BCUT2D eigenvalue weighted by Crippen LogP contribution is 2.28. The predicted octanol–water partition coefficient (Wildman–Crippen LogP) is 3.96. The lowest BCUT2D eigenvalue weighted by Crippen LogP contribution is -2.15. The highest BCUT2D eigenvalue weighted by molar-refractivity contribution is 6.35. The van der Waals surface area contributed by atoms with E-state index in [0.717, 1.165) is 12.3 Å². The minimum absolute atomic E-state index is 0.00549. The zero-order chi connectivity index (χ0) is 15.6. The smallest absolute Gasteiger partial charge is 0.259 e. The summed E-state index contributed by atoms with van der Waals surface area (Å²) < 4.78 is 26.5. The molecule has 0 unspecified atom stereocenters. The van der Waals surface area contributed by atoms with Gasteiger partial charge >= 0.3 is 0 Å². The fraction of sp³-hybridized carbons (Fsp3) is 0.0769. The number of carbonyl (C=O) groups excluding carboxylic acids is 1. The predicted molar refractivity (Wildman–Crippen MR) is 78.1 cm³/mol. The van der Waals surface area contributed by atoms with Crippen LogP contribution in [0.4, 0.5) is 20.3 Å². The average Bonchev–Trinajstić information content (AvgIpc) is 2.44. The molecule has 4 nitrogen and oxygen atoms in total. The van der Waals surface area contributed by atoms with E-state index in [2.05, 4.69) is 15.6 Å². The molecule has 0 saturated carbocycles. The number of nitrogens with one attached hydrogen (secondary N) is 2. The van der Waals surface area contributed by atoms with Crippen molar-refractivity contribution in [2.24, 2.45) is 0 Å². The first kappa shape index (κ1) is 15.5. The van der Waals surface area contributed by atoms with Gasteiger partial charge in [-0.1, -0.05) is 23.2 Å². The first-order valence-electron chi connectivity index (χ1n) is 5.71. The van der Waals surface area contributed by atoms with Crippen molar-refractivity contribution in [2.45, 2.75) is 0 Å². The summed E-state index contributed by atoms with van der Waals surface area (Å²) in [4.78, 5) is 15.9. The highest BCUT2D eigenvalue weighted by atomic mass is 35.5. The lowest BCUT2D eigenvalue weighted by Gasteiger charge is -2.10. The van der Waals surface area contributed by atoms with Crippen LogP contribution in [-0.2, 0) is 0 Å². The van der Waals surface area contributed by atoms with Crippen molar-refractivity contribution < 1.29 is 13.6 Å². The van der Waals surface area contributed by atoms with E-state index in [9.17, 15) is 13.6 Å². The van der Waals surface area contributed by atoms with Crippen molar-refractivity contribution >= 4 is 40.6 Å². The molecule has 1 aromatic carbocycles. The Kier molecular flexibility index (Phi) is 4.59. The van der Waals surface area contributed by atoms with E-state index < -0.39 is 17.5 Å². The minimum Gasteiger partial charge on any atom is -0.372 e. The van der Waals surface area contributed by atoms with Gasteiger partial charge in [0.05, 0.1) is 21.8 Å². The van der Waals surface area contributed by atoms with Gasteiger partial charge in [0.2, 0.25) is 0 Å². The van der Waals surface area contributed by atoms with Crippen LogP contribution in [0.5, 0.6) is 0 Å². The normalized spacial score (nSPS) is 10.3. The topological polar surface area (TPSA) is 54.0 Å². The first-order chi connectivity index (χ1) is 9.92. The summed E-state index contributed by atoms with van der Waals surface area (Å²) in [5, 5.41) is 4.65. The Labute approximate surface area is 129 Å². The molecule has 2 rings (SSSR count). The number of hydrogen-bond acceptors (Lipinski definition) is 3. The van der Waals surface area contributed by atoms with Crippen LogP contribution in [0, 0.1) is 11.6 Å². The number of hydrogen-bond donors (Lipinski definition) is 2. The Balaban J connectivity index is 2.32. The third kappa shape index (κ3) is 3.40. The molecule has 1 heterocycles. The summed E-state index contributed by atoms with van der Waals surface area (Å²) in [7, 11) is 1.54. The molecule has 2 aromatic rings. The molecule has 1 aromatic heterocycles. The van der Waals surface area contributed by atoms with Crippen LogP contribution >= 0.6 is 23.2 Å². The Morgan fingerprint density at radius 1 is 1.19 bits per heavy atom. The van der Waals surface area contributed by atoms with Gasteiger partial charge in [0, 0.05) is 12.7 Å².